The van der Waals surface area contributed by atoms with Crippen molar-refractivity contribution >= 4 is 15.9 Å². The van der Waals surface area contributed by atoms with Crippen LogP contribution in [0.2, 0.25) is 0 Å². The fourth-order valence-corrected chi connectivity index (χ4v) is 4.55. The van der Waals surface area contributed by atoms with E-state index in [0.717, 1.165) is 18.4 Å². The van der Waals surface area contributed by atoms with Crippen molar-refractivity contribution in [2.24, 2.45) is 0 Å². The molecule has 0 unspecified atom stereocenters. The van der Waals surface area contributed by atoms with Crippen molar-refractivity contribution in [3.05, 3.63) is 36.3 Å². The molecule has 1 aromatic heterocycles. The number of amides is 1. The molecule has 3 heterocycles. The van der Waals surface area contributed by atoms with Crippen molar-refractivity contribution in [3.63, 3.8) is 0 Å². The van der Waals surface area contributed by atoms with Gasteiger partial charge in [0.2, 0.25) is 12.7 Å². The smallest absolute Gasteiger partial charge is 0.262 e. The minimum absolute atomic E-state index is 0.00687. The summed E-state index contributed by atoms with van der Waals surface area (Å²) in [4.78, 5) is 16.1. The summed E-state index contributed by atoms with van der Waals surface area (Å²) in [6, 6.07) is 5.47. The van der Waals surface area contributed by atoms with Crippen molar-refractivity contribution in [1.82, 2.24) is 19.2 Å². The summed E-state index contributed by atoms with van der Waals surface area (Å²) >= 11 is 0. The number of carbonyl (C=O) groups excluding carboxylic acids is 1. The third-order valence-electron chi connectivity index (χ3n) is 4.53. The van der Waals surface area contributed by atoms with Crippen molar-refractivity contribution in [3.8, 4) is 11.5 Å². The van der Waals surface area contributed by atoms with Crippen molar-refractivity contribution < 1.29 is 22.7 Å². The number of sulfonamides is 1. The van der Waals surface area contributed by atoms with E-state index < -0.39 is 10.0 Å². The molecular weight excluding hydrogens is 372 g/mol. The monoisotopic (exact) mass is 392 g/mol. The summed E-state index contributed by atoms with van der Waals surface area (Å²) in [5, 5.41) is 2.78. The van der Waals surface area contributed by atoms with Gasteiger partial charge in [0.15, 0.2) is 16.5 Å². The highest BCUT2D eigenvalue weighted by Crippen LogP contribution is 2.32. The van der Waals surface area contributed by atoms with Gasteiger partial charge in [0, 0.05) is 25.8 Å². The topological polar surface area (TPSA) is 103 Å². The molecule has 0 saturated carbocycles. The van der Waals surface area contributed by atoms with E-state index in [4.69, 9.17) is 9.47 Å². The first-order valence-corrected chi connectivity index (χ1v) is 10.1. The molecular formula is C17H20N4O5S. The molecule has 0 atom stereocenters. The summed E-state index contributed by atoms with van der Waals surface area (Å²) < 4.78 is 38.4. The normalized spacial score (nSPS) is 16.6. The fourth-order valence-electron chi connectivity index (χ4n) is 3.09. The van der Waals surface area contributed by atoms with Crippen LogP contribution in [0.1, 0.15) is 18.4 Å². The van der Waals surface area contributed by atoms with Crippen molar-refractivity contribution in [2.45, 2.75) is 31.0 Å². The number of hydrogen-bond acceptors (Lipinski definition) is 6. The van der Waals surface area contributed by atoms with E-state index in [1.807, 2.05) is 12.1 Å². The van der Waals surface area contributed by atoms with Crippen LogP contribution >= 0.6 is 0 Å². The molecule has 0 radical (unpaired) electrons. The lowest BCUT2D eigenvalue weighted by Crippen LogP contribution is -2.28. The van der Waals surface area contributed by atoms with Crippen LogP contribution in [0.3, 0.4) is 0 Å². The number of carbonyl (C=O) groups is 1. The van der Waals surface area contributed by atoms with Gasteiger partial charge in [-0.1, -0.05) is 6.07 Å². The summed E-state index contributed by atoms with van der Waals surface area (Å²) in [7, 11) is -3.57. The SMILES string of the molecule is O=C(Cn1cnc(S(=O)(=O)N2CCCC2)c1)NCc1ccc2c(c1)OCO2. The lowest BCUT2D eigenvalue weighted by molar-refractivity contribution is -0.121. The Bertz CT molecular complexity index is 950. The second kappa shape index (κ2) is 7.20. The zero-order valence-corrected chi connectivity index (χ0v) is 15.4. The average molecular weight is 392 g/mol. The quantitative estimate of drug-likeness (QED) is 0.777. The summed E-state index contributed by atoms with van der Waals surface area (Å²) in [5.41, 5.74) is 0.885. The molecule has 10 heteroatoms. The highest BCUT2D eigenvalue weighted by Gasteiger charge is 2.29. The number of benzene rings is 1. The Balaban J connectivity index is 1.34. The predicted octanol–water partition coefficient (Wildman–Crippen LogP) is 0.713. The Kier molecular flexibility index (Phi) is 4.75. The Morgan fingerprint density at radius 2 is 1.96 bits per heavy atom. The number of ether oxygens (including phenoxy) is 2. The van der Waals surface area contributed by atoms with Gasteiger partial charge in [0.05, 0.1) is 6.33 Å². The van der Waals surface area contributed by atoms with Crippen LogP contribution in [-0.2, 0) is 27.9 Å². The molecule has 1 N–H and O–H groups in total. The molecule has 27 heavy (non-hydrogen) atoms. The van der Waals surface area contributed by atoms with Crippen LogP contribution in [0.4, 0.5) is 0 Å². The van der Waals surface area contributed by atoms with Gasteiger partial charge in [-0.3, -0.25) is 4.79 Å². The molecule has 0 spiro atoms. The third kappa shape index (κ3) is 3.76. The van der Waals surface area contributed by atoms with Crippen LogP contribution in [0.25, 0.3) is 0 Å². The van der Waals surface area contributed by atoms with E-state index in [-0.39, 0.29) is 24.3 Å². The van der Waals surface area contributed by atoms with Crippen LogP contribution < -0.4 is 14.8 Å². The van der Waals surface area contributed by atoms with Crippen molar-refractivity contribution in [2.75, 3.05) is 19.9 Å². The molecule has 1 aromatic carbocycles. The average Bonchev–Trinajstić information content (AvgIpc) is 3.39. The Morgan fingerprint density at radius 3 is 2.78 bits per heavy atom. The molecule has 144 valence electrons. The van der Waals surface area contributed by atoms with E-state index in [2.05, 4.69) is 10.3 Å². The zero-order chi connectivity index (χ0) is 18.9. The summed E-state index contributed by atoms with van der Waals surface area (Å²) in [6.07, 6.45) is 4.49. The first-order valence-electron chi connectivity index (χ1n) is 8.69. The molecule has 9 nitrogen and oxygen atoms in total. The summed E-state index contributed by atoms with van der Waals surface area (Å²) in [6.45, 7) is 1.57. The molecule has 1 amide bonds. The van der Waals surface area contributed by atoms with E-state index in [9.17, 15) is 13.2 Å². The molecule has 2 aromatic rings. The number of rotatable bonds is 6. The minimum atomic E-state index is -3.57. The molecule has 1 saturated heterocycles. The maximum atomic E-state index is 12.5. The maximum Gasteiger partial charge on any atom is 0.262 e. The van der Waals surface area contributed by atoms with Gasteiger partial charge in [-0.15, -0.1) is 0 Å². The van der Waals surface area contributed by atoms with Gasteiger partial charge in [0.1, 0.15) is 6.54 Å². The largest absolute Gasteiger partial charge is 0.454 e. The molecule has 1 fully saturated rings. The van der Waals surface area contributed by atoms with Crippen LogP contribution in [0.15, 0.2) is 35.7 Å². The highest BCUT2D eigenvalue weighted by molar-refractivity contribution is 7.89. The molecule has 2 aliphatic rings. The second-order valence-corrected chi connectivity index (χ2v) is 8.34. The zero-order valence-electron chi connectivity index (χ0n) is 14.6. The Morgan fingerprint density at radius 1 is 1.19 bits per heavy atom. The van der Waals surface area contributed by atoms with E-state index in [1.54, 1.807) is 6.07 Å². The van der Waals surface area contributed by atoms with E-state index >= 15 is 0 Å². The van der Waals surface area contributed by atoms with Gasteiger partial charge in [-0.05, 0) is 30.5 Å². The number of nitrogens with one attached hydrogen (secondary N) is 1. The lowest BCUT2D eigenvalue weighted by Gasteiger charge is -2.12. The lowest BCUT2D eigenvalue weighted by atomic mass is 10.2. The van der Waals surface area contributed by atoms with Crippen LogP contribution in [0.5, 0.6) is 11.5 Å². The number of fused-ring (bicyclic) bond motifs is 1. The predicted molar refractivity (Wildman–Crippen MR) is 94.6 cm³/mol. The van der Waals surface area contributed by atoms with E-state index in [1.165, 1.54) is 21.4 Å². The van der Waals surface area contributed by atoms with Crippen LogP contribution in [0, 0.1) is 0 Å². The van der Waals surface area contributed by atoms with Gasteiger partial charge in [-0.25, -0.2) is 13.4 Å². The standard InChI is InChI=1S/C17H20N4O5S/c22-16(18-8-13-3-4-14-15(7-13)26-12-25-14)9-20-10-17(19-11-20)27(23,24)21-5-1-2-6-21/h3-4,7,10-11H,1-2,5-6,8-9,12H2,(H,18,22). The van der Waals surface area contributed by atoms with Gasteiger partial charge in [-0.2, -0.15) is 4.31 Å². The number of hydrogen-bond donors (Lipinski definition) is 1. The second-order valence-electron chi connectivity index (χ2n) is 6.46. The Labute approximate surface area is 156 Å². The van der Waals surface area contributed by atoms with E-state index in [0.29, 0.717) is 31.1 Å². The molecule has 2 aliphatic heterocycles. The summed E-state index contributed by atoms with van der Waals surface area (Å²) in [5.74, 6) is 1.11. The number of imidazole rings is 1. The fraction of sp³-hybridized carbons (Fsp3) is 0.412. The van der Waals surface area contributed by atoms with Crippen LogP contribution in [-0.4, -0.2) is 48.1 Å². The van der Waals surface area contributed by atoms with Gasteiger partial charge >= 0.3 is 0 Å². The molecule has 0 bridgehead atoms. The van der Waals surface area contributed by atoms with Gasteiger partial charge < -0.3 is 19.4 Å². The minimum Gasteiger partial charge on any atom is -0.454 e. The molecule has 0 aliphatic carbocycles. The number of aromatic nitrogens is 2. The Hall–Kier alpha value is -2.59. The number of nitrogens with zero attached hydrogens (tertiary/aromatic N) is 3. The van der Waals surface area contributed by atoms with Gasteiger partial charge in [0.25, 0.3) is 10.0 Å². The van der Waals surface area contributed by atoms with Crippen molar-refractivity contribution in [1.29, 1.82) is 0 Å². The first kappa shape index (κ1) is 17.8. The highest BCUT2D eigenvalue weighted by atomic mass is 32.2. The molecule has 4 rings (SSSR count). The first-order chi connectivity index (χ1) is 13.0. The third-order valence-corrected chi connectivity index (χ3v) is 6.32. The maximum absolute atomic E-state index is 12.5.